The van der Waals surface area contributed by atoms with Crippen LogP contribution in [-0.2, 0) is 9.47 Å². The molecule has 3 rings (SSSR count). The minimum atomic E-state index is -0.114. The van der Waals surface area contributed by atoms with Crippen LogP contribution in [0.4, 0.5) is 0 Å². The van der Waals surface area contributed by atoms with Gasteiger partial charge in [-0.2, -0.15) is 0 Å². The quantitative estimate of drug-likeness (QED) is 0.618. The maximum atomic E-state index is 12.7. The van der Waals surface area contributed by atoms with Gasteiger partial charge in [0.15, 0.2) is 5.76 Å². The van der Waals surface area contributed by atoms with Crippen LogP contribution in [0, 0.1) is 12.3 Å². The van der Waals surface area contributed by atoms with E-state index in [1.807, 2.05) is 17.9 Å². The zero-order valence-electron chi connectivity index (χ0n) is 13.8. The van der Waals surface area contributed by atoms with E-state index in [1.54, 1.807) is 12.1 Å². The topological polar surface area (TPSA) is 51.9 Å². The number of furan rings is 1. The molecule has 0 radical (unpaired) electrons. The van der Waals surface area contributed by atoms with Crippen LogP contribution in [0.25, 0.3) is 0 Å². The molecule has 23 heavy (non-hydrogen) atoms. The van der Waals surface area contributed by atoms with Gasteiger partial charge in [-0.15, -0.1) is 6.58 Å². The largest absolute Gasteiger partial charge is 0.456 e. The van der Waals surface area contributed by atoms with E-state index in [9.17, 15) is 4.79 Å². The number of carbonyl (C=O) groups is 1. The Morgan fingerprint density at radius 3 is 3.17 bits per heavy atom. The summed E-state index contributed by atoms with van der Waals surface area (Å²) in [5.41, 5.74) is -0.114. The summed E-state index contributed by atoms with van der Waals surface area (Å²) in [5.74, 6) is 1.14. The molecule has 2 saturated heterocycles. The molecule has 3 heterocycles. The molecule has 2 atom stereocenters. The van der Waals surface area contributed by atoms with E-state index >= 15 is 0 Å². The molecule has 0 bridgehead atoms. The molecule has 0 N–H and O–H groups in total. The average Bonchev–Trinajstić information content (AvgIpc) is 3.00. The highest BCUT2D eigenvalue weighted by Gasteiger charge is 2.47. The smallest absolute Gasteiger partial charge is 0.289 e. The van der Waals surface area contributed by atoms with Crippen LogP contribution < -0.4 is 0 Å². The number of hydrogen-bond acceptors (Lipinski definition) is 4. The highest BCUT2D eigenvalue weighted by Crippen LogP contribution is 2.40. The Balaban J connectivity index is 1.74. The molecule has 5 nitrogen and oxygen atoms in total. The first kappa shape index (κ1) is 16.3. The van der Waals surface area contributed by atoms with Crippen LogP contribution in [0.15, 0.2) is 29.2 Å². The minimum Gasteiger partial charge on any atom is -0.456 e. The number of aryl methyl sites for hydroxylation is 1. The summed E-state index contributed by atoms with van der Waals surface area (Å²) >= 11 is 0. The highest BCUT2D eigenvalue weighted by atomic mass is 16.5. The van der Waals surface area contributed by atoms with Crippen LogP contribution in [0.5, 0.6) is 0 Å². The summed E-state index contributed by atoms with van der Waals surface area (Å²) < 4.78 is 17.2. The van der Waals surface area contributed by atoms with Gasteiger partial charge in [0.25, 0.3) is 5.91 Å². The van der Waals surface area contributed by atoms with Crippen LogP contribution in [0.1, 0.15) is 35.6 Å². The van der Waals surface area contributed by atoms with Gasteiger partial charge in [-0.1, -0.05) is 6.08 Å². The number of amides is 1. The summed E-state index contributed by atoms with van der Waals surface area (Å²) in [6.45, 7) is 8.84. The molecule has 1 aromatic heterocycles. The summed E-state index contributed by atoms with van der Waals surface area (Å²) in [5, 5.41) is 0. The van der Waals surface area contributed by atoms with Crippen molar-refractivity contribution in [3.8, 4) is 0 Å². The molecular weight excluding hydrogens is 294 g/mol. The molecule has 2 fully saturated rings. The Morgan fingerprint density at radius 2 is 2.43 bits per heavy atom. The molecule has 0 unspecified atom stereocenters. The molecule has 2 aliphatic heterocycles. The number of ether oxygens (including phenoxy) is 2. The van der Waals surface area contributed by atoms with E-state index in [2.05, 4.69) is 6.58 Å². The molecule has 0 aliphatic carbocycles. The third kappa shape index (κ3) is 3.35. The predicted molar refractivity (Wildman–Crippen MR) is 86.4 cm³/mol. The normalized spacial score (nSPS) is 27.5. The summed E-state index contributed by atoms with van der Waals surface area (Å²) in [7, 11) is 0. The van der Waals surface area contributed by atoms with Crippen molar-refractivity contribution in [3.63, 3.8) is 0 Å². The lowest BCUT2D eigenvalue weighted by molar-refractivity contribution is -0.145. The predicted octanol–water partition coefficient (Wildman–Crippen LogP) is 2.80. The van der Waals surface area contributed by atoms with E-state index in [1.165, 1.54) is 0 Å². The number of piperidine rings is 1. The monoisotopic (exact) mass is 319 g/mol. The van der Waals surface area contributed by atoms with Gasteiger partial charge in [-0.25, -0.2) is 0 Å². The highest BCUT2D eigenvalue weighted by molar-refractivity contribution is 5.91. The Bertz CT molecular complexity index is 567. The zero-order chi connectivity index (χ0) is 16.3. The molecule has 0 aromatic carbocycles. The van der Waals surface area contributed by atoms with Crippen LogP contribution in [0.3, 0.4) is 0 Å². The lowest BCUT2D eigenvalue weighted by Crippen LogP contribution is -2.58. The SMILES string of the molecule is C=CCOC[C@@]12CCCO[C@@H]1CCN(C(=O)c1ccc(C)o1)C2. The van der Waals surface area contributed by atoms with Crippen LogP contribution >= 0.6 is 0 Å². The van der Waals surface area contributed by atoms with Gasteiger partial charge in [-0.3, -0.25) is 4.79 Å². The van der Waals surface area contributed by atoms with Crippen molar-refractivity contribution in [2.75, 3.05) is 32.9 Å². The van der Waals surface area contributed by atoms with Crippen molar-refractivity contribution >= 4 is 5.91 Å². The minimum absolute atomic E-state index is 0.0368. The van der Waals surface area contributed by atoms with Gasteiger partial charge in [-0.05, 0) is 38.3 Å². The fourth-order valence-corrected chi connectivity index (χ4v) is 3.73. The van der Waals surface area contributed by atoms with Crippen molar-refractivity contribution < 1.29 is 18.7 Å². The van der Waals surface area contributed by atoms with Crippen molar-refractivity contribution in [2.45, 2.75) is 32.3 Å². The lowest BCUT2D eigenvalue weighted by Gasteiger charge is -2.50. The Kier molecular flexibility index (Phi) is 4.87. The Morgan fingerprint density at radius 1 is 1.57 bits per heavy atom. The molecule has 0 spiro atoms. The van der Waals surface area contributed by atoms with Gasteiger partial charge >= 0.3 is 0 Å². The first-order valence-electron chi connectivity index (χ1n) is 8.30. The van der Waals surface area contributed by atoms with Gasteiger partial charge in [0.05, 0.1) is 19.3 Å². The second-order valence-electron chi connectivity index (χ2n) is 6.55. The standard InChI is InChI=1S/C18H25NO4/c1-3-10-21-13-18-8-4-11-22-16(18)7-9-19(12-18)17(20)15-6-5-14(2)23-15/h3,5-6,16H,1,4,7-13H2,2H3/t16-,18+/m1/s1. The molecule has 1 aromatic rings. The number of likely N-dealkylation sites (tertiary alicyclic amines) is 1. The van der Waals surface area contributed by atoms with Crippen LogP contribution in [-0.4, -0.2) is 49.8 Å². The Hall–Kier alpha value is -1.59. The van der Waals surface area contributed by atoms with Crippen molar-refractivity contribution in [3.05, 3.63) is 36.3 Å². The number of hydrogen-bond donors (Lipinski definition) is 0. The maximum absolute atomic E-state index is 12.7. The molecular formula is C18H25NO4. The molecule has 126 valence electrons. The molecule has 1 amide bonds. The number of fused-ring (bicyclic) bond motifs is 1. The first-order valence-corrected chi connectivity index (χ1v) is 8.30. The fourth-order valence-electron chi connectivity index (χ4n) is 3.73. The van der Waals surface area contributed by atoms with Crippen LogP contribution in [0.2, 0.25) is 0 Å². The second-order valence-corrected chi connectivity index (χ2v) is 6.55. The number of rotatable bonds is 5. The maximum Gasteiger partial charge on any atom is 0.289 e. The molecule has 0 saturated carbocycles. The first-order chi connectivity index (χ1) is 11.1. The van der Waals surface area contributed by atoms with Crippen molar-refractivity contribution in [2.24, 2.45) is 5.41 Å². The van der Waals surface area contributed by atoms with E-state index < -0.39 is 0 Å². The second kappa shape index (κ2) is 6.89. The van der Waals surface area contributed by atoms with Gasteiger partial charge in [0.1, 0.15) is 5.76 Å². The summed E-state index contributed by atoms with van der Waals surface area (Å²) in [6, 6.07) is 3.58. The van der Waals surface area contributed by atoms with Gasteiger partial charge in [0, 0.05) is 25.1 Å². The van der Waals surface area contributed by atoms with Crippen molar-refractivity contribution in [1.29, 1.82) is 0 Å². The van der Waals surface area contributed by atoms with E-state index in [0.29, 0.717) is 32.1 Å². The van der Waals surface area contributed by atoms with E-state index in [4.69, 9.17) is 13.9 Å². The zero-order valence-corrected chi connectivity index (χ0v) is 13.8. The fraction of sp³-hybridized carbons (Fsp3) is 0.611. The Labute approximate surface area is 137 Å². The third-order valence-electron chi connectivity index (χ3n) is 4.85. The lowest BCUT2D eigenvalue weighted by atomic mass is 9.73. The third-order valence-corrected chi connectivity index (χ3v) is 4.85. The average molecular weight is 319 g/mol. The number of nitrogens with zero attached hydrogens (tertiary/aromatic N) is 1. The summed E-state index contributed by atoms with van der Waals surface area (Å²) in [4.78, 5) is 14.6. The number of carbonyl (C=O) groups excluding carboxylic acids is 1. The van der Waals surface area contributed by atoms with E-state index in [-0.39, 0.29) is 17.4 Å². The van der Waals surface area contributed by atoms with Gasteiger partial charge < -0.3 is 18.8 Å². The molecule has 2 aliphatic rings. The molecule has 5 heteroatoms. The van der Waals surface area contributed by atoms with E-state index in [0.717, 1.165) is 31.6 Å². The summed E-state index contributed by atoms with van der Waals surface area (Å²) in [6.07, 6.45) is 4.81. The van der Waals surface area contributed by atoms with Gasteiger partial charge in [0.2, 0.25) is 0 Å². The van der Waals surface area contributed by atoms with Crippen molar-refractivity contribution in [1.82, 2.24) is 4.90 Å².